The van der Waals surface area contributed by atoms with Crippen molar-refractivity contribution >= 4 is 26.7 Å². The van der Waals surface area contributed by atoms with Crippen molar-refractivity contribution in [2.24, 2.45) is 5.73 Å². The van der Waals surface area contributed by atoms with E-state index in [0.29, 0.717) is 6.54 Å². The first-order chi connectivity index (χ1) is 11.9. The van der Waals surface area contributed by atoms with E-state index in [1.165, 1.54) is 0 Å². The van der Waals surface area contributed by atoms with Gasteiger partial charge in [0.25, 0.3) is 17.9 Å². The summed E-state index contributed by atoms with van der Waals surface area (Å²) >= 11 is 0. The normalized spacial score (nSPS) is 8.38. The van der Waals surface area contributed by atoms with Crippen LogP contribution in [0.25, 0.3) is 0 Å². The maximum absolute atomic E-state index is 9.00. The fraction of sp³-hybridized carbons (Fsp3) is 0.786. The average molecular weight is 475 g/mol. The summed E-state index contributed by atoms with van der Waals surface area (Å²) in [4.78, 5) is 27.0. The first kappa shape index (κ1) is 48.0. The summed E-state index contributed by atoms with van der Waals surface area (Å²) in [7, 11) is 2.55. The van der Waals surface area contributed by atoms with E-state index in [-0.39, 0.29) is 93.0 Å². The molecular formula is C14H37N2Na3O9Si. The van der Waals surface area contributed by atoms with E-state index < -0.39 is 26.7 Å². The Hall–Kier alpha value is 1.43. The van der Waals surface area contributed by atoms with Crippen LogP contribution >= 0.6 is 0 Å². The summed E-state index contributed by atoms with van der Waals surface area (Å²) in [6.07, 6.45) is 0.974. The second-order valence-corrected chi connectivity index (χ2v) is 7.59. The van der Waals surface area contributed by atoms with Crippen molar-refractivity contribution in [1.29, 1.82) is 0 Å². The molecule has 0 aromatic heterocycles. The quantitative estimate of drug-likeness (QED) is 0.158. The van der Waals surface area contributed by atoms with Crippen LogP contribution in [0.1, 0.15) is 31.5 Å². The Balaban J connectivity index is -0.0000000287. The van der Waals surface area contributed by atoms with Gasteiger partial charge in [0.05, 0.1) is 0 Å². The number of carboxylic acid groups (broad SMARTS) is 3. The molecule has 6 N–H and O–H groups in total. The third-order valence-corrected chi connectivity index (χ3v) is 4.92. The van der Waals surface area contributed by atoms with Crippen molar-refractivity contribution in [2.45, 2.75) is 33.2 Å². The molecule has 0 heterocycles. The maximum atomic E-state index is 9.00. The minimum Gasteiger partial charge on any atom is -1.00 e. The monoisotopic (exact) mass is 474 g/mol. The topological polar surface area (TPSA) is 178 Å². The molecule has 0 atom stereocenters. The van der Waals surface area contributed by atoms with Gasteiger partial charge >= 0.3 is 97.5 Å². The van der Waals surface area contributed by atoms with Crippen LogP contribution in [0.2, 0.25) is 6.04 Å². The van der Waals surface area contributed by atoms with Crippen LogP contribution in [-0.2, 0) is 27.7 Å². The fourth-order valence-electron chi connectivity index (χ4n) is 1.21. The fourth-order valence-corrected chi connectivity index (χ4v) is 2.94. The van der Waals surface area contributed by atoms with E-state index in [1.54, 1.807) is 21.3 Å². The molecule has 11 nitrogen and oxygen atoms in total. The standard InChI is InChI=1S/C8H22N2O3Si.3C2H4O2.3Na.3H/c1-11-14(12-2,13-3)8-4-6-10-7-5-9;3*1-2(3)4;;;;;;/h10H,4-9H2,1-3H3;3*1H3,(H,3,4);;;;;;/q;;;;3*+1;3*-1. The molecule has 164 valence electrons. The van der Waals surface area contributed by atoms with Crippen molar-refractivity contribution in [1.82, 2.24) is 5.32 Å². The first-order valence-electron chi connectivity index (χ1n) is 7.59. The molecule has 0 saturated carbocycles. The Morgan fingerprint density at radius 2 is 1.10 bits per heavy atom. The number of nitrogens with one attached hydrogen (secondary N) is 1. The van der Waals surface area contributed by atoms with Crippen LogP contribution < -0.4 is 99.7 Å². The van der Waals surface area contributed by atoms with Gasteiger partial charge < -0.3 is 43.9 Å². The van der Waals surface area contributed by atoms with E-state index in [2.05, 4.69) is 5.32 Å². The molecule has 0 rings (SSSR count). The van der Waals surface area contributed by atoms with Crippen LogP contribution in [0.4, 0.5) is 0 Å². The van der Waals surface area contributed by atoms with Gasteiger partial charge in [-0.2, -0.15) is 0 Å². The van der Waals surface area contributed by atoms with Gasteiger partial charge in [-0.25, -0.2) is 0 Å². The summed E-state index contributed by atoms with van der Waals surface area (Å²) in [6, 6.07) is 0.827. The number of aliphatic carboxylic acids is 3. The number of carbonyl (C=O) groups is 3. The Morgan fingerprint density at radius 3 is 1.31 bits per heavy atom. The summed E-state index contributed by atoms with van der Waals surface area (Å²) < 4.78 is 15.9. The predicted octanol–water partition coefficient (Wildman–Crippen LogP) is -8.57. The number of hydrogen-bond donors (Lipinski definition) is 5. The zero-order valence-corrected chi connectivity index (χ0v) is 26.4. The third kappa shape index (κ3) is 65.2. The molecule has 0 saturated heterocycles. The van der Waals surface area contributed by atoms with Crippen LogP contribution in [0.5, 0.6) is 0 Å². The van der Waals surface area contributed by atoms with E-state index in [1.807, 2.05) is 0 Å². The van der Waals surface area contributed by atoms with Gasteiger partial charge in [0, 0.05) is 61.2 Å². The van der Waals surface area contributed by atoms with Gasteiger partial charge in [-0.15, -0.1) is 0 Å². The molecule has 0 aliphatic heterocycles. The van der Waals surface area contributed by atoms with E-state index >= 15 is 0 Å². The van der Waals surface area contributed by atoms with Crippen molar-refractivity contribution in [2.75, 3.05) is 41.0 Å². The third-order valence-electron chi connectivity index (χ3n) is 2.09. The molecule has 0 aliphatic rings. The van der Waals surface area contributed by atoms with Gasteiger partial charge in [0.15, 0.2) is 0 Å². The smallest absolute Gasteiger partial charge is 1.00 e. The van der Waals surface area contributed by atoms with Gasteiger partial charge in [0.1, 0.15) is 0 Å². The SMILES string of the molecule is CC(=O)O.CC(=O)O.CC(=O)O.CO[Si](CCCNCCN)(OC)OC.[H-].[H-].[H-].[Na+].[Na+].[Na+]. The molecule has 0 unspecified atom stereocenters. The second kappa shape index (κ2) is 36.8. The van der Waals surface area contributed by atoms with Crippen LogP contribution in [0.15, 0.2) is 0 Å². The van der Waals surface area contributed by atoms with Crippen molar-refractivity contribution in [3.05, 3.63) is 0 Å². The van der Waals surface area contributed by atoms with Gasteiger partial charge in [0.2, 0.25) is 0 Å². The van der Waals surface area contributed by atoms with Crippen molar-refractivity contribution in [3.8, 4) is 0 Å². The molecule has 15 heteroatoms. The molecule has 0 amide bonds. The minimum atomic E-state index is -2.35. The summed E-state index contributed by atoms with van der Waals surface area (Å²) in [5, 5.41) is 25.5. The molecule has 29 heavy (non-hydrogen) atoms. The second-order valence-electron chi connectivity index (χ2n) is 4.49. The number of hydrogen-bond acceptors (Lipinski definition) is 8. The van der Waals surface area contributed by atoms with Crippen LogP contribution in [-0.4, -0.2) is 83.0 Å². The predicted molar refractivity (Wildman–Crippen MR) is 101 cm³/mol. The zero-order chi connectivity index (χ0) is 21.6. The average Bonchev–Trinajstić information content (AvgIpc) is 2.50. The number of rotatable bonds is 9. The Labute approximate surface area is 245 Å². The first-order valence-corrected chi connectivity index (χ1v) is 9.52. The molecule has 0 bridgehead atoms. The Morgan fingerprint density at radius 1 is 0.828 bits per heavy atom. The number of carboxylic acids is 3. The summed E-state index contributed by atoms with van der Waals surface area (Å²) in [5.74, 6) is -2.50. The molecule has 0 aromatic rings. The summed E-state index contributed by atoms with van der Waals surface area (Å²) in [6.45, 7) is 5.69. The minimum absolute atomic E-state index is 0. The van der Waals surface area contributed by atoms with Gasteiger partial charge in [-0.3, -0.25) is 14.4 Å². The molecule has 0 aromatic carbocycles. The molecule has 0 fully saturated rings. The molecular weight excluding hydrogens is 437 g/mol. The molecule has 0 radical (unpaired) electrons. The van der Waals surface area contributed by atoms with Crippen molar-refractivity contribution in [3.63, 3.8) is 0 Å². The summed E-state index contributed by atoms with van der Waals surface area (Å²) in [5.41, 5.74) is 5.35. The van der Waals surface area contributed by atoms with E-state index in [9.17, 15) is 0 Å². The Kier molecular flexibility index (Phi) is 60.9. The van der Waals surface area contributed by atoms with Gasteiger partial charge in [-0.05, 0) is 13.0 Å². The van der Waals surface area contributed by atoms with Crippen LogP contribution in [0, 0.1) is 0 Å². The Bertz CT molecular complexity index is 333. The van der Waals surface area contributed by atoms with Gasteiger partial charge in [-0.1, -0.05) is 0 Å². The largest absolute Gasteiger partial charge is 1.00 e. The van der Waals surface area contributed by atoms with Crippen molar-refractivity contribution < 1.29 is 136 Å². The van der Waals surface area contributed by atoms with Crippen LogP contribution in [0.3, 0.4) is 0 Å². The van der Waals surface area contributed by atoms with E-state index in [0.717, 1.165) is 46.3 Å². The molecule has 0 spiro atoms. The zero-order valence-electron chi connectivity index (χ0n) is 22.4. The number of nitrogens with two attached hydrogens (primary N) is 1. The molecule has 0 aliphatic carbocycles. The maximum Gasteiger partial charge on any atom is 1.00 e. The van der Waals surface area contributed by atoms with E-state index in [4.69, 9.17) is 48.7 Å².